The third-order valence-corrected chi connectivity index (χ3v) is 1.81. The smallest absolute Gasteiger partial charge is 0.350 e. The van der Waals surface area contributed by atoms with E-state index < -0.39 is 16.2 Å². The molecule has 1 N–H and O–H groups in total. The summed E-state index contributed by atoms with van der Waals surface area (Å²) in [5, 5.41) is 4.14. The van der Waals surface area contributed by atoms with Gasteiger partial charge in [0.2, 0.25) is 4.87 Å². The van der Waals surface area contributed by atoms with E-state index >= 15 is 0 Å². The zero-order valence-corrected chi connectivity index (χ0v) is 6.38. The number of hydrogen-bond donors (Lipinski definition) is 1. The van der Waals surface area contributed by atoms with E-state index in [0.29, 0.717) is 6.92 Å². The molecule has 0 heterocycles. The molecule has 2 nitrogen and oxygen atoms in total. The number of carbonyl (C=O) groups is 1. The number of hydrogen-bond acceptors (Lipinski definition) is 1. The van der Waals surface area contributed by atoms with Crippen LogP contribution in [0.15, 0.2) is 0 Å². The van der Waals surface area contributed by atoms with Gasteiger partial charge in [-0.2, -0.15) is 8.78 Å². The van der Waals surface area contributed by atoms with Crippen LogP contribution < -0.4 is 0 Å². The maximum absolute atomic E-state index is 12.0. The van der Waals surface area contributed by atoms with E-state index in [0.717, 1.165) is 0 Å². The minimum absolute atomic E-state index is 0.629. The predicted octanol–water partition coefficient (Wildman–Crippen LogP) is 1.90. The lowest BCUT2D eigenvalue weighted by atomic mass is 10.2. The lowest BCUT2D eigenvalue weighted by Crippen LogP contribution is -2.43. The highest BCUT2D eigenvalue weighted by atomic mass is 35.5. The highest BCUT2D eigenvalue weighted by Gasteiger charge is 2.53. The van der Waals surface area contributed by atoms with Gasteiger partial charge in [0.1, 0.15) is 0 Å². The van der Waals surface area contributed by atoms with Gasteiger partial charge in [0, 0.05) is 0 Å². The van der Waals surface area contributed by atoms with Gasteiger partial charge in [-0.05, 0) is 18.5 Å². The molecule has 0 rings (SSSR count). The van der Waals surface area contributed by atoms with E-state index in [9.17, 15) is 13.6 Å². The van der Waals surface area contributed by atoms with Crippen molar-refractivity contribution >= 4 is 29.2 Å². The fourth-order valence-corrected chi connectivity index (χ4v) is 0.202. The Balaban J connectivity index is 4.57. The zero-order valence-electron chi connectivity index (χ0n) is 4.87. The SMILES string of the molecule is CC(Cl)(C(=O)O)C(F)(F)Cl. The molecule has 10 heavy (non-hydrogen) atoms. The second-order valence-electron chi connectivity index (χ2n) is 1.81. The summed E-state index contributed by atoms with van der Waals surface area (Å²) in [4.78, 5) is 7.23. The molecule has 0 aliphatic rings. The first-order valence-corrected chi connectivity index (χ1v) is 2.94. The summed E-state index contributed by atoms with van der Waals surface area (Å²) in [6.07, 6.45) is 0. The van der Waals surface area contributed by atoms with E-state index in [1.807, 2.05) is 0 Å². The Kier molecular flexibility index (Phi) is 2.49. The van der Waals surface area contributed by atoms with Gasteiger partial charge in [0.25, 0.3) is 0 Å². The molecule has 0 aliphatic carbocycles. The molecule has 0 bridgehead atoms. The summed E-state index contributed by atoms with van der Waals surface area (Å²) in [5.41, 5.74) is 0. The summed E-state index contributed by atoms with van der Waals surface area (Å²) in [5.74, 6) is -1.85. The lowest BCUT2D eigenvalue weighted by Gasteiger charge is -2.21. The van der Waals surface area contributed by atoms with Crippen LogP contribution in [-0.4, -0.2) is 21.3 Å². The highest BCUT2D eigenvalue weighted by Crippen LogP contribution is 2.37. The van der Waals surface area contributed by atoms with Gasteiger partial charge < -0.3 is 5.11 Å². The monoisotopic (exact) mass is 192 g/mol. The topological polar surface area (TPSA) is 37.3 Å². The average molecular weight is 193 g/mol. The molecule has 0 saturated carbocycles. The molecule has 0 amide bonds. The van der Waals surface area contributed by atoms with Crippen molar-refractivity contribution in [2.45, 2.75) is 17.2 Å². The van der Waals surface area contributed by atoms with E-state index in [1.165, 1.54) is 0 Å². The van der Waals surface area contributed by atoms with Gasteiger partial charge in [0.05, 0.1) is 0 Å². The summed E-state index contributed by atoms with van der Waals surface area (Å²) in [6, 6.07) is 0. The molecule has 0 saturated heterocycles. The second-order valence-corrected chi connectivity index (χ2v) is 3.04. The van der Waals surface area contributed by atoms with Gasteiger partial charge >= 0.3 is 11.4 Å². The Bertz CT molecular complexity index is 152. The Morgan fingerprint density at radius 1 is 1.50 bits per heavy atom. The molecule has 1 unspecified atom stereocenters. The molecule has 1 atom stereocenters. The van der Waals surface area contributed by atoms with Crippen LogP contribution in [0.4, 0.5) is 8.78 Å². The number of carboxylic acids is 1. The minimum atomic E-state index is -3.94. The maximum Gasteiger partial charge on any atom is 0.350 e. The van der Waals surface area contributed by atoms with Crippen LogP contribution in [0.2, 0.25) is 0 Å². The molecule has 0 aromatic rings. The average Bonchev–Trinajstić information content (AvgIpc) is 1.62. The van der Waals surface area contributed by atoms with Gasteiger partial charge in [-0.15, -0.1) is 0 Å². The molecule has 0 spiro atoms. The van der Waals surface area contributed by atoms with Crippen LogP contribution in [0.25, 0.3) is 0 Å². The highest BCUT2D eigenvalue weighted by molar-refractivity contribution is 6.40. The largest absolute Gasteiger partial charge is 0.480 e. The molecular formula is C4H4Cl2F2O2. The van der Waals surface area contributed by atoms with Crippen molar-refractivity contribution in [3.05, 3.63) is 0 Å². The van der Waals surface area contributed by atoms with Crippen LogP contribution in [0.5, 0.6) is 0 Å². The minimum Gasteiger partial charge on any atom is -0.480 e. The standard InChI is InChI=1S/C4H4Cl2F2O2/c1-3(5,2(9)10)4(6,7)8/h1H3,(H,9,10). The van der Waals surface area contributed by atoms with Crippen molar-refractivity contribution in [1.82, 2.24) is 0 Å². The fraction of sp³-hybridized carbons (Fsp3) is 0.750. The lowest BCUT2D eigenvalue weighted by molar-refractivity contribution is -0.145. The molecule has 60 valence electrons. The van der Waals surface area contributed by atoms with Crippen LogP contribution >= 0.6 is 23.2 Å². The van der Waals surface area contributed by atoms with Crippen molar-refractivity contribution in [2.75, 3.05) is 0 Å². The first kappa shape index (κ1) is 9.91. The quantitative estimate of drug-likeness (QED) is 0.680. The van der Waals surface area contributed by atoms with Gasteiger partial charge in [-0.1, -0.05) is 11.6 Å². The third-order valence-electron chi connectivity index (χ3n) is 0.934. The van der Waals surface area contributed by atoms with E-state index in [1.54, 1.807) is 0 Å². The van der Waals surface area contributed by atoms with Crippen molar-refractivity contribution in [2.24, 2.45) is 0 Å². The summed E-state index contributed by atoms with van der Waals surface area (Å²) < 4.78 is 24.0. The van der Waals surface area contributed by atoms with Crippen molar-refractivity contribution in [1.29, 1.82) is 0 Å². The number of aliphatic carboxylic acids is 1. The molecule has 0 radical (unpaired) electrons. The maximum atomic E-state index is 12.0. The second kappa shape index (κ2) is 2.51. The van der Waals surface area contributed by atoms with Crippen LogP contribution in [0.3, 0.4) is 0 Å². The molecule has 0 aromatic carbocycles. The van der Waals surface area contributed by atoms with Gasteiger partial charge in [-0.25, -0.2) is 0 Å². The molecule has 6 heteroatoms. The van der Waals surface area contributed by atoms with E-state index in [4.69, 9.17) is 16.7 Å². The number of carboxylic acid groups (broad SMARTS) is 1. The summed E-state index contributed by atoms with van der Waals surface area (Å²) >= 11 is 9.24. The number of alkyl halides is 4. The predicted molar refractivity (Wildman–Crippen MR) is 32.7 cm³/mol. The van der Waals surface area contributed by atoms with Crippen LogP contribution in [-0.2, 0) is 4.79 Å². The normalized spacial score (nSPS) is 18.1. The Morgan fingerprint density at radius 2 is 1.80 bits per heavy atom. The first-order valence-electron chi connectivity index (χ1n) is 2.18. The number of rotatable bonds is 2. The van der Waals surface area contributed by atoms with Crippen LogP contribution in [0, 0.1) is 0 Å². The summed E-state index contributed by atoms with van der Waals surface area (Å²) in [6.45, 7) is 0.629. The van der Waals surface area contributed by atoms with Crippen molar-refractivity contribution in [3.8, 4) is 0 Å². The Hall–Kier alpha value is -0.0900. The Morgan fingerprint density at radius 3 is 1.80 bits per heavy atom. The van der Waals surface area contributed by atoms with E-state index in [-0.39, 0.29) is 0 Å². The summed E-state index contributed by atoms with van der Waals surface area (Å²) in [7, 11) is 0. The fourth-order valence-electron chi connectivity index (χ4n) is 0.121. The van der Waals surface area contributed by atoms with Gasteiger partial charge in [-0.3, -0.25) is 4.79 Å². The van der Waals surface area contributed by atoms with Crippen molar-refractivity contribution < 1.29 is 18.7 Å². The Labute approximate surface area is 65.7 Å². The van der Waals surface area contributed by atoms with Crippen LogP contribution in [0.1, 0.15) is 6.92 Å². The first-order chi connectivity index (χ1) is 4.19. The van der Waals surface area contributed by atoms with E-state index in [2.05, 4.69) is 11.6 Å². The van der Waals surface area contributed by atoms with Crippen molar-refractivity contribution in [3.63, 3.8) is 0 Å². The molecule has 0 fully saturated rings. The zero-order chi connectivity index (χ0) is 8.58. The molecule has 0 aliphatic heterocycles. The number of halogens is 4. The molecule has 0 aromatic heterocycles. The third kappa shape index (κ3) is 1.70. The molecular weight excluding hydrogens is 189 g/mol. The van der Waals surface area contributed by atoms with Gasteiger partial charge in [0.15, 0.2) is 0 Å².